The molecule has 1 aromatic carbocycles. The van der Waals surface area contributed by atoms with Gasteiger partial charge in [-0.1, -0.05) is 24.3 Å². The van der Waals surface area contributed by atoms with Crippen molar-refractivity contribution in [2.45, 2.75) is 6.92 Å². The first kappa shape index (κ1) is 13.4. The lowest BCUT2D eigenvalue weighted by atomic mass is 10.1. The summed E-state index contributed by atoms with van der Waals surface area (Å²) in [4.78, 5) is 15.7. The van der Waals surface area contributed by atoms with Crippen LogP contribution in [0.1, 0.15) is 21.5 Å². The fourth-order valence-corrected chi connectivity index (χ4v) is 1.86. The molecule has 2 aromatic rings. The fourth-order valence-electron chi connectivity index (χ4n) is 1.49. The van der Waals surface area contributed by atoms with Crippen molar-refractivity contribution >= 4 is 28.1 Å². The molecule has 1 N–H and O–H groups in total. The van der Waals surface area contributed by atoms with Crippen LogP contribution in [-0.2, 0) is 0 Å². The minimum atomic E-state index is -0.293. The maximum Gasteiger partial charge on any atom is 0.272 e. The number of halogens is 1. The second kappa shape index (κ2) is 6.24. The number of nitrogens with zero attached hydrogens (tertiary/aromatic N) is 2. The zero-order valence-corrected chi connectivity index (χ0v) is 11.9. The summed E-state index contributed by atoms with van der Waals surface area (Å²) in [5, 5.41) is 3.94. The normalized spacial score (nSPS) is 10.6. The Hall–Kier alpha value is -2.01. The van der Waals surface area contributed by atoms with E-state index < -0.39 is 0 Å². The second-order valence-corrected chi connectivity index (χ2v) is 4.86. The van der Waals surface area contributed by atoms with E-state index in [9.17, 15) is 4.79 Å². The van der Waals surface area contributed by atoms with Gasteiger partial charge in [-0.05, 0) is 40.0 Å². The van der Waals surface area contributed by atoms with Crippen LogP contribution in [0.2, 0.25) is 0 Å². The number of pyridine rings is 1. The molecule has 0 aliphatic rings. The summed E-state index contributed by atoms with van der Waals surface area (Å²) in [5.74, 6) is -0.293. The first-order valence-corrected chi connectivity index (χ1v) is 6.46. The molecule has 0 bridgehead atoms. The van der Waals surface area contributed by atoms with Gasteiger partial charge in [-0.3, -0.25) is 9.78 Å². The monoisotopic (exact) mass is 317 g/mol. The summed E-state index contributed by atoms with van der Waals surface area (Å²) in [6, 6.07) is 9.49. The topological polar surface area (TPSA) is 54.4 Å². The van der Waals surface area contributed by atoms with E-state index >= 15 is 0 Å². The molecule has 0 spiro atoms. The zero-order valence-electron chi connectivity index (χ0n) is 10.3. The summed E-state index contributed by atoms with van der Waals surface area (Å²) in [6.07, 6.45) is 4.73. The van der Waals surface area contributed by atoms with Gasteiger partial charge < -0.3 is 0 Å². The minimum Gasteiger partial charge on any atom is -0.267 e. The molecular weight excluding hydrogens is 306 g/mol. The Kier molecular flexibility index (Phi) is 4.41. The predicted molar refractivity (Wildman–Crippen MR) is 78.2 cm³/mol. The molecule has 0 aliphatic heterocycles. The quantitative estimate of drug-likeness (QED) is 0.699. The lowest BCUT2D eigenvalue weighted by Crippen LogP contribution is -2.17. The van der Waals surface area contributed by atoms with E-state index in [0.29, 0.717) is 5.56 Å². The number of amides is 1. The van der Waals surface area contributed by atoms with E-state index in [0.717, 1.165) is 15.6 Å². The number of carbonyl (C=O) groups is 1. The summed E-state index contributed by atoms with van der Waals surface area (Å²) in [6.45, 7) is 1.99. The number of nitrogens with one attached hydrogen (secondary N) is 1. The summed E-state index contributed by atoms with van der Waals surface area (Å²) in [7, 11) is 0. The van der Waals surface area contributed by atoms with Crippen molar-refractivity contribution in [1.29, 1.82) is 0 Å². The average molecular weight is 318 g/mol. The van der Waals surface area contributed by atoms with Crippen LogP contribution in [-0.4, -0.2) is 17.1 Å². The minimum absolute atomic E-state index is 0.293. The smallest absolute Gasteiger partial charge is 0.267 e. The predicted octanol–water partition coefficient (Wildman–Crippen LogP) is 2.92. The van der Waals surface area contributed by atoms with E-state index in [2.05, 4.69) is 31.4 Å². The summed E-state index contributed by atoms with van der Waals surface area (Å²) >= 11 is 3.26. The molecule has 1 aromatic heterocycles. The molecule has 1 heterocycles. The molecule has 0 unspecified atom stereocenters. The molecule has 96 valence electrons. The number of hydrogen-bond donors (Lipinski definition) is 1. The van der Waals surface area contributed by atoms with Crippen molar-refractivity contribution in [2.75, 3.05) is 0 Å². The molecule has 1 amide bonds. The van der Waals surface area contributed by atoms with Gasteiger partial charge in [0.25, 0.3) is 5.91 Å². The lowest BCUT2D eigenvalue weighted by molar-refractivity contribution is 0.0954. The fraction of sp³-hybridized carbons (Fsp3) is 0.0714. The highest BCUT2D eigenvalue weighted by Gasteiger charge is 2.04. The third-order valence-corrected chi connectivity index (χ3v) is 2.96. The lowest BCUT2D eigenvalue weighted by Gasteiger charge is -2.00. The molecule has 0 radical (unpaired) electrons. The largest absolute Gasteiger partial charge is 0.272 e. The Morgan fingerprint density at radius 3 is 2.89 bits per heavy atom. The Morgan fingerprint density at radius 2 is 2.16 bits per heavy atom. The highest BCUT2D eigenvalue weighted by atomic mass is 79.9. The average Bonchev–Trinajstić information content (AvgIpc) is 2.41. The van der Waals surface area contributed by atoms with Crippen LogP contribution in [0.5, 0.6) is 0 Å². The van der Waals surface area contributed by atoms with Gasteiger partial charge in [-0.15, -0.1) is 0 Å². The molecule has 0 saturated carbocycles. The highest BCUT2D eigenvalue weighted by Crippen LogP contribution is 2.09. The number of aryl methyl sites for hydroxylation is 1. The molecule has 4 nitrogen and oxygen atoms in total. The highest BCUT2D eigenvalue weighted by molar-refractivity contribution is 9.10. The van der Waals surface area contributed by atoms with Gasteiger partial charge in [0.2, 0.25) is 0 Å². The Morgan fingerprint density at radius 1 is 1.37 bits per heavy atom. The molecule has 19 heavy (non-hydrogen) atoms. The van der Waals surface area contributed by atoms with Crippen molar-refractivity contribution in [2.24, 2.45) is 5.10 Å². The van der Waals surface area contributed by atoms with Gasteiger partial charge in [-0.2, -0.15) is 5.10 Å². The molecule has 5 heteroatoms. The third kappa shape index (κ3) is 3.72. The van der Waals surface area contributed by atoms with E-state index in [-0.39, 0.29) is 5.91 Å². The van der Waals surface area contributed by atoms with E-state index in [1.807, 2.05) is 31.2 Å². The second-order valence-electron chi connectivity index (χ2n) is 3.95. The van der Waals surface area contributed by atoms with E-state index in [1.165, 1.54) is 6.20 Å². The van der Waals surface area contributed by atoms with Crippen molar-refractivity contribution in [1.82, 2.24) is 10.4 Å². The van der Waals surface area contributed by atoms with Crippen LogP contribution < -0.4 is 5.43 Å². The molecule has 0 aliphatic carbocycles. The van der Waals surface area contributed by atoms with Crippen molar-refractivity contribution in [3.05, 3.63) is 63.9 Å². The van der Waals surface area contributed by atoms with E-state index in [1.54, 1.807) is 18.5 Å². The summed E-state index contributed by atoms with van der Waals surface area (Å²) in [5.41, 5.74) is 5.00. The number of hydrazone groups is 1. The van der Waals surface area contributed by atoms with Crippen molar-refractivity contribution < 1.29 is 4.79 Å². The SMILES string of the molecule is Cc1ccccc1C=NNC(=O)c1cncc(Br)c1. The van der Waals surface area contributed by atoms with Crippen LogP contribution in [0.4, 0.5) is 0 Å². The first-order chi connectivity index (χ1) is 9.16. The van der Waals surface area contributed by atoms with Crippen molar-refractivity contribution in [3.63, 3.8) is 0 Å². The number of rotatable bonds is 3. The van der Waals surface area contributed by atoms with Gasteiger partial charge in [0.1, 0.15) is 0 Å². The third-order valence-electron chi connectivity index (χ3n) is 2.53. The molecule has 0 saturated heterocycles. The van der Waals surface area contributed by atoms with Crippen LogP contribution >= 0.6 is 15.9 Å². The van der Waals surface area contributed by atoms with Gasteiger partial charge in [0, 0.05) is 16.9 Å². The number of carbonyl (C=O) groups excluding carboxylic acids is 1. The maximum absolute atomic E-state index is 11.8. The summed E-state index contributed by atoms with van der Waals surface area (Å²) < 4.78 is 0.753. The van der Waals surface area contributed by atoms with Crippen LogP contribution in [0.15, 0.2) is 52.3 Å². The molecule has 0 fully saturated rings. The van der Waals surface area contributed by atoms with Gasteiger partial charge in [-0.25, -0.2) is 5.43 Å². The van der Waals surface area contributed by atoms with Gasteiger partial charge in [0.15, 0.2) is 0 Å². The van der Waals surface area contributed by atoms with Crippen LogP contribution in [0.3, 0.4) is 0 Å². The molecular formula is C14H12BrN3O. The number of benzene rings is 1. The standard InChI is InChI=1S/C14H12BrN3O/c1-10-4-2-3-5-11(10)8-17-18-14(19)12-6-13(15)9-16-7-12/h2-9H,1H3,(H,18,19). The van der Waals surface area contributed by atoms with E-state index in [4.69, 9.17) is 0 Å². The van der Waals surface area contributed by atoms with Gasteiger partial charge >= 0.3 is 0 Å². The Bertz CT molecular complexity index is 626. The maximum atomic E-state index is 11.8. The zero-order chi connectivity index (χ0) is 13.7. The van der Waals surface area contributed by atoms with Crippen LogP contribution in [0, 0.1) is 6.92 Å². The molecule has 0 atom stereocenters. The van der Waals surface area contributed by atoms with Crippen LogP contribution in [0.25, 0.3) is 0 Å². The van der Waals surface area contributed by atoms with Crippen molar-refractivity contribution in [3.8, 4) is 0 Å². The number of aromatic nitrogens is 1. The number of hydrogen-bond acceptors (Lipinski definition) is 3. The Labute approximate surface area is 119 Å². The molecule has 2 rings (SSSR count). The first-order valence-electron chi connectivity index (χ1n) is 5.66. The van der Waals surface area contributed by atoms with Gasteiger partial charge in [0.05, 0.1) is 11.8 Å². The Balaban J connectivity index is 2.03.